The second-order valence-corrected chi connectivity index (χ2v) is 11.0. The molecule has 1 aromatic carbocycles. The van der Waals surface area contributed by atoms with Gasteiger partial charge in [0.15, 0.2) is 5.78 Å². The van der Waals surface area contributed by atoms with E-state index >= 15 is 0 Å². The fraction of sp³-hybridized carbons (Fsp3) is 0.481. The number of Topliss-reactive ketones (excluding diaryl/α,β-unsaturated/α-hetero) is 1. The van der Waals surface area contributed by atoms with E-state index in [1.807, 2.05) is 41.4 Å². The minimum Gasteiger partial charge on any atom is -0.343 e. The first-order valence-corrected chi connectivity index (χ1v) is 13.0. The molecule has 1 aromatic heterocycles. The number of hydrogen-bond donors (Lipinski definition) is 1. The second kappa shape index (κ2) is 9.25. The Labute approximate surface area is 208 Å². The number of benzene rings is 1. The largest absolute Gasteiger partial charge is 0.343 e. The molecule has 3 fully saturated rings. The number of nitrogens with one attached hydrogen (secondary N) is 1. The van der Waals surface area contributed by atoms with Gasteiger partial charge < -0.3 is 10.2 Å². The quantitative estimate of drug-likeness (QED) is 0.626. The molecule has 0 bridgehead atoms. The maximum absolute atomic E-state index is 14.1. The SMILES string of the molecule is CC(=O)N1CCC(CC2CC(=O)N[C@@](c3cccc(-c4cncc(Br)c4)c3)(C3CC3)C2=O)CC1. The Hall–Kier alpha value is -2.54. The maximum atomic E-state index is 14.1. The van der Waals surface area contributed by atoms with Crippen molar-refractivity contribution in [3.8, 4) is 11.1 Å². The highest BCUT2D eigenvalue weighted by Gasteiger charge is 2.57. The monoisotopic (exact) mass is 523 g/mol. The predicted molar refractivity (Wildman–Crippen MR) is 133 cm³/mol. The van der Waals surface area contributed by atoms with E-state index in [0.29, 0.717) is 5.92 Å². The summed E-state index contributed by atoms with van der Waals surface area (Å²) in [7, 11) is 0. The van der Waals surface area contributed by atoms with Gasteiger partial charge in [-0.2, -0.15) is 0 Å². The number of hydrogen-bond acceptors (Lipinski definition) is 4. The van der Waals surface area contributed by atoms with E-state index < -0.39 is 5.54 Å². The Kier molecular flexibility index (Phi) is 6.32. The third-order valence-corrected chi connectivity index (χ3v) is 8.19. The molecule has 2 aliphatic heterocycles. The van der Waals surface area contributed by atoms with Gasteiger partial charge in [-0.1, -0.05) is 18.2 Å². The molecule has 1 N–H and O–H groups in total. The number of ketones is 1. The molecule has 0 radical (unpaired) electrons. The topological polar surface area (TPSA) is 79.4 Å². The highest BCUT2D eigenvalue weighted by Crippen LogP contribution is 2.50. The summed E-state index contributed by atoms with van der Waals surface area (Å²) in [5, 5.41) is 3.17. The summed E-state index contributed by atoms with van der Waals surface area (Å²) < 4.78 is 0.894. The van der Waals surface area contributed by atoms with Crippen molar-refractivity contribution in [1.29, 1.82) is 0 Å². The summed E-state index contributed by atoms with van der Waals surface area (Å²) >= 11 is 3.49. The first-order chi connectivity index (χ1) is 16.4. The third kappa shape index (κ3) is 4.42. The van der Waals surface area contributed by atoms with Crippen LogP contribution < -0.4 is 5.32 Å². The molecule has 178 valence electrons. The molecular weight excluding hydrogens is 494 g/mol. The van der Waals surface area contributed by atoms with Crippen LogP contribution >= 0.6 is 15.9 Å². The summed E-state index contributed by atoms with van der Waals surface area (Å²) in [4.78, 5) is 44.9. The first kappa shape index (κ1) is 23.2. The molecule has 0 spiro atoms. The summed E-state index contributed by atoms with van der Waals surface area (Å²) in [6.45, 7) is 3.09. The lowest BCUT2D eigenvalue weighted by Gasteiger charge is -2.42. The van der Waals surface area contributed by atoms with Gasteiger partial charge in [0.1, 0.15) is 5.54 Å². The van der Waals surface area contributed by atoms with Gasteiger partial charge in [0, 0.05) is 54.8 Å². The van der Waals surface area contributed by atoms with Crippen molar-refractivity contribution in [2.75, 3.05) is 13.1 Å². The number of piperidine rings is 2. The molecular formula is C27H30BrN3O3. The molecule has 7 heteroatoms. The molecule has 1 unspecified atom stereocenters. The Bertz CT molecular complexity index is 1120. The highest BCUT2D eigenvalue weighted by molar-refractivity contribution is 9.10. The Morgan fingerprint density at radius 3 is 2.56 bits per heavy atom. The normalized spacial score (nSPS) is 25.8. The van der Waals surface area contributed by atoms with Crippen LogP contribution in [0.1, 0.15) is 51.0 Å². The van der Waals surface area contributed by atoms with Crippen molar-refractivity contribution < 1.29 is 14.4 Å². The number of halogens is 1. The van der Waals surface area contributed by atoms with E-state index in [1.165, 1.54) is 0 Å². The van der Waals surface area contributed by atoms with Crippen molar-refractivity contribution in [1.82, 2.24) is 15.2 Å². The molecule has 2 aromatic rings. The number of nitrogens with zero attached hydrogens (tertiary/aromatic N) is 2. The van der Waals surface area contributed by atoms with Crippen molar-refractivity contribution >= 4 is 33.5 Å². The smallest absolute Gasteiger partial charge is 0.221 e. The minimum atomic E-state index is -0.949. The number of carbonyl (C=O) groups excluding carboxylic acids is 3. The zero-order valence-corrected chi connectivity index (χ0v) is 21.0. The van der Waals surface area contributed by atoms with Crippen molar-refractivity contribution in [2.24, 2.45) is 17.8 Å². The number of pyridine rings is 1. The first-order valence-electron chi connectivity index (χ1n) is 12.2. The van der Waals surface area contributed by atoms with Gasteiger partial charge in [0.2, 0.25) is 11.8 Å². The summed E-state index contributed by atoms with van der Waals surface area (Å²) in [6, 6.07) is 10.0. The molecule has 1 aliphatic carbocycles. The van der Waals surface area contributed by atoms with Crippen LogP contribution in [0.25, 0.3) is 11.1 Å². The number of carbonyl (C=O) groups is 3. The van der Waals surface area contributed by atoms with Gasteiger partial charge in [-0.25, -0.2) is 0 Å². The summed E-state index contributed by atoms with van der Waals surface area (Å²) in [5.74, 6) is 0.466. The van der Waals surface area contributed by atoms with Crippen LogP contribution in [0.4, 0.5) is 0 Å². The van der Waals surface area contributed by atoms with Crippen LogP contribution in [0.15, 0.2) is 47.2 Å². The number of likely N-dealkylation sites (tertiary alicyclic amines) is 1. The van der Waals surface area contributed by atoms with Gasteiger partial charge in [-0.3, -0.25) is 19.4 Å². The molecule has 5 rings (SSSR count). The van der Waals surface area contributed by atoms with Crippen molar-refractivity contribution in [3.05, 3.63) is 52.8 Å². The fourth-order valence-electron chi connectivity index (χ4n) is 5.83. The van der Waals surface area contributed by atoms with Crippen molar-refractivity contribution in [3.63, 3.8) is 0 Å². The van der Waals surface area contributed by atoms with Crippen LogP contribution in [0.5, 0.6) is 0 Å². The van der Waals surface area contributed by atoms with E-state index in [0.717, 1.165) is 66.4 Å². The van der Waals surface area contributed by atoms with Gasteiger partial charge in [-0.05, 0) is 83.1 Å². The van der Waals surface area contributed by atoms with Crippen LogP contribution in [0.2, 0.25) is 0 Å². The highest BCUT2D eigenvalue weighted by atomic mass is 79.9. The van der Waals surface area contributed by atoms with Crippen LogP contribution in [0.3, 0.4) is 0 Å². The lowest BCUT2D eigenvalue weighted by molar-refractivity contribution is -0.144. The van der Waals surface area contributed by atoms with E-state index in [9.17, 15) is 14.4 Å². The van der Waals surface area contributed by atoms with Crippen molar-refractivity contribution in [2.45, 2.75) is 51.0 Å². The fourth-order valence-corrected chi connectivity index (χ4v) is 6.20. The lowest BCUT2D eigenvalue weighted by Crippen LogP contribution is -2.60. The zero-order chi connectivity index (χ0) is 23.9. The molecule has 1 saturated carbocycles. The van der Waals surface area contributed by atoms with Gasteiger partial charge in [0.25, 0.3) is 0 Å². The molecule has 6 nitrogen and oxygen atoms in total. The molecule has 2 amide bonds. The van der Waals surface area contributed by atoms with Crippen LogP contribution in [-0.4, -0.2) is 40.6 Å². The Morgan fingerprint density at radius 1 is 1.12 bits per heavy atom. The average molecular weight is 524 g/mol. The summed E-state index contributed by atoms with van der Waals surface area (Å²) in [6.07, 6.45) is 8.22. The van der Waals surface area contributed by atoms with Crippen LogP contribution in [-0.2, 0) is 19.9 Å². The van der Waals surface area contributed by atoms with E-state index in [4.69, 9.17) is 0 Å². The molecule has 34 heavy (non-hydrogen) atoms. The molecule has 3 aliphatic rings. The third-order valence-electron chi connectivity index (χ3n) is 7.75. The standard InChI is InChI=1S/C27H30BrN3O3/c1-17(32)31-9-7-18(8-10-31)11-20-14-25(33)30-27(26(20)34,22-5-6-22)23-4-2-3-19(12-23)21-13-24(28)16-29-15-21/h2-4,12-13,15-16,18,20,22H,5-11,14H2,1H3,(H,30,33)/t20?,27-/m1/s1. The Morgan fingerprint density at radius 2 is 1.88 bits per heavy atom. The molecule has 2 saturated heterocycles. The predicted octanol–water partition coefficient (Wildman–Crippen LogP) is 4.47. The lowest BCUT2D eigenvalue weighted by atomic mass is 9.69. The van der Waals surface area contributed by atoms with E-state index in [-0.39, 0.29) is 35.9 Å². The average Bonchev–Trinajstić information content (AvgIpc) is 3.67. The minimum absolute atomic E-state index is 0.0350. The zero-order valence-electron chi connectivity index (χ0n) is 19.4. The number of rotatable bonds is 5. The van der Waals surface area contributed by atoms with Crippen LogP contribution in [0, 0.1) is 17.8 Å². The van der Waals surface area contributed by atoms with Gasteiger partial charge in [0.05, 0.1) is 0 Å². The molecule has 2 atom stereocenters. The van der Waals surface area contributed by atoms with Gasteiger partial charge in [-0.15, -0.1) is 0 Å². The Balaban J connectivity index is 1.43. The number of amides is 2. The molecule has 3 heterocycles. The second-order valence-electron chi connectivity index (χ2n) is 10.1. The maximum Gasteiger partial charge on any atom is 0.221 e. The number of aromatic nitrogens is 1. The van der Waals surface area contributed by atoms with E-state index in [2.05, 4.69) is 26.2 Å². The van der Waals surface area contributed by atoms with E-state index in [1.54, 1.807) is 13.1 Å². The summed E-state index contributed by atoms with van der Waals surface area (Å²) in [5.41, 5.74) is 1.87. The van der Waals surface area contributed by atoms with Gasteiger partial charge >= 0.3 is 0 Å².